The van der Waals surface area contributed by atoms with Crippen LogP contribution in [-0.2, 0) is 4.79 Å². The van der Waals surface area contributed by atoms with Crippen molar-refractivity contribution in [1.29, 1.82) is 0 Å². The van der Waals surface area contributed by atoms with Gasteiger partial charge in [-0.3, -0.25) is 19.8 Å². The second kappa shape index (κ2) is 9.73. The van der Waals surface area contributed by atoms with Crippen LogP contribution in [0.4, 0.5) is 0 Å². The number of aliphatic hydroxyl groups excluding tert-OH is 1. The molecule has 1 unspecified atom stereocenters. The van der Waals surface area contributed by atoms with Crippen LogP contribution in [0.2, 0.25) is 0 Å². The molecule has 2 atom stereocenters. The predicted octanol–water partition coefficient (Wildman–Crippen LogP) is 0.469. The Bertz CT molecular complexity index is 917. The summed E-state index contributed by atoms with van der Waals surface area (Å²) in [5.74, 6) is 9.67. The van der Waals surface area contributed by atoms with E-state index in [9.17, 15) is 14.7 Å². The van der Waals surface area contributed by atoms with Gasteiger partial charge >= 0.3 is 0 Å². The topological polar surface area (TPSA) is 112 Å². The summed E-state index contributed by atoms with van der Waals surface area (Å²) in [4.78, 5) is 27.6. The maximum atomic E-state index is 12.2. The third-order valence-corrected chi connectivity index (χ3v) is 3.45. The summed E-state index contributed by atoms with van der Waals surface area (Å²) in [5, 5.41) is 20.5. The summed E-state index contributed by atoms with van der Waals surface area (Å²) < 4.78 is 0. The lowest BCUT2D eigenvalue weighted by Gasteiger charge is -2.19. The van der Waals surface area contributed by atoms with Crippen molar-refractivity contribution in [2.45, 2.75) is 19.1 Å². The number of benzene rings is 1. The van der Waals surface area contributed by atoms with Gasteiger partial charge in [-0.05, 0) is 55.2 Å². The normalized spacial score (nSPS) is 11.7. The number of hydrogen-bond acceptors (Lipinski definition) is 5. The molecule has 0 aliphatic carbocycles. The van der Waals surface area contributed by atoms with Gasteiger partial charge in [0, 0.05) is 29.1 Å². The van der Waals surface area contributed by atoms with Gasteiger partial charge in [0.2, 0.25) is 0 Å². The van der Waals surface area contributed by atoms with Crippen molar-refractivity contribution < 1.29 is 19.9 Å². The lowest BCUT2D eigenvalue weighted by atomic mass is 10.1. The maximum Gasteiger partial charge on any atom is 0.268 e. The average molecular weight is 363 g/mol. The molecule has 2 rings (SSSR count). The molecule has 0 bridgehead atoms. The molecule has 0 aliphatic rings. The van der Waals surface area contributed by atoms with Gasteiger partial charge in [0.1, 0.15) is 6.04 Å². The quantitative estimate of drug-likeness (QED) is 0.358. The first-order valence-corrected chi connectivity index (χ1v) is 7.96. The number of nitrogens with zero attached hydrogens (tertiary/aromatic N) is 1. The van der Waals surface area contributed by atoms with E-state index in [-0.39, 0.29) is 5.56 Å². The Balaban J connectivity index is 2.03. The molecule has 0 radical (unpaired) electrons. The summed E-state index contributed by atoms with van der Waals surface area (Å²) >= 11 is 0. The van der Waals surface area contributed by atoms with Crippen molar-refractivity contribution in [2.75, 3.05) is 0 Å². The molecule has 7 heteroatoms. The minimum atomic E-state index is -1.27. The molecule has 136 valence electrons. The Hall–Kier alpha value is -3.65. The predicted molar refractivity (Wildman–Crippen MR) is 97.3 cm³/mol. The number of hydroxylamine groups is 1. The molecular weight excluding hydrogens is 346 g/mol. The molecule has 0 fully saturated rings. The van der Waals surface area contributed by atoms with Crippen molar-refractivity contribution in [2.24, 2.45) is 0 Å². The fraction of sp³-hybridized carbons (Fsp3) is 0.150. The zero-order valence-electron chi connectivity index (χ0n) is 14.4. The minimum absolute atomic E-state index is 0.276. The number of aromatic nitrogens is 1. The summed E-state index contributed by atoms with van der Waals surface area (Å²) in [6.45, 7) is 1.32. The van der Waals surface area contributed by atoms with Crippen molar-refractivity contribution in [3.8, 4) is 23.7 Å². The van der Waals surface area contributed by atoms with Gasteiger partial charge < -0.3 is 10.4 Å². The highest BCUT2D eigenvalue weighted by Gasteiger charge is 2.25. The van der Waals surface area contributed by atoms with Crippen LogP contribution in [0.15, 0.2) is 48.8 Å². The Morgan fingerprint density at radius 1 is 1.07 bits per heavy atom. The van der Waals surface area contributed by atoms with Crippen LogP contribution in [0, 0.1) is 23.7 Å². The number of carbonyl (C=O) groups is 2. The molecule has 4 N–H and O–H groups in total. The number of hydrogen-bond donors (Lipinski definition) is 4. The first-order chi connectivity index (χ1) is 13.0. The minimum Gasteiger partial charge on any atom is -0.391 e. The zero-order valence-corrected chi connectivity index (χ0v) is 14.4. The molecule has 1 heterocycles. The van der Waals surface area contributed by atoms with E-state index in [1.54, 1.807) is 30.6 Å². The van der Waals surface area contributed by atoms with Crippen LogP contribution in [0.3, 0.4) is 0 Å². The van der Waals surface area contributed by atoms with Crippen LogP contribution in [0.1, 0.15) is 28.4 Å². The summed E-state index contributed by atoms with van der Waals surface area (Å²) in [7, 11) is 0. The summed E-state index contributed by atoms with van der Waals surface area (Å²) in [6, 6.07) is 8.67. The first kappa shape index (κ1) is 19.7. The fourth-order valence-electron chi connectivity index (χ4n) is 2.05. The van der Waals surface area contributed by atoms with Crippen LogP contribution in [0.5, 0.6) is 0 Å². The molecule has 0 saturated heterocycles. The van der Waals surface area contributed by atoms with Crippen LogP contribution >= 0.6 is 0 Å². The third-order valence-electron chi connectivity index (χ3n) is 3.45. The molecule has 0 spiro atoms. The lowest BCUT2D eigenvalue weighted by molar-refractivity contribution is -0.133. The third kappa shape index (κ3) is 5.98. The number of nitrogens with one attached hydrogen (secondary N) is 2. The van der Waals surface area contributed by atoms with Gasteiger partial charge in [-0.2, -0.15) is 0 Å². The highest BCUT2D eigenvalue weighted by atomic mass is 16.5. The summed E-state index contributed by atoms with van der Waals surface area (Å²) in [6.07, 6.45) is 2.12. The number of pyridine rings is 1. The van der Waals surface area contributed by atoms with Gasteiger partial charge in [0.05, 0.1) is 6.10 Å². The van der Waals surface area contributed by atoms with E-state index < -0.39 is 24.0 Å². The van der Waals surface area contributed by atoms with Gasteiger partial charge in [-0.1, -0.05) is 11.8 Å². The van der Waals surface area contributed by atoms with E-state index in [4.69, 9.17) is 5.21 Å². The van der Waals surface area contributed by atoms with Gasteiger partial charge in [-0.25, -0.2) is 5.48 Å². The van der Waals surface area contributed by atoms with Gasteiger partial charge in [-0.15, -0.1) is 0 Å². The number of amides is 2. The van der Waals surface area contributed by atoms with E-state index in [1.165, 1.54) is 24.5 Å². The smallest absolute Gasteiger partial charge is 0.268 e. The number of carbonyl (C=O) groups excluding carboxylic acids is 2. The fourth-order valence-corrected chi connectivity index (χ4v) is 2.05. The molecule has 0 aliphatic heterocycles. The molecule has 0 saturated carbocycles. The van der Waals surface area contributed by atoms with Crippen LogP contribution in [-0.4, -0.2) is 39.3 Å². The van der Waals surface area contributed by atoms with E-state index in [2.05, 4.69) is 34.0 Å². The first-order valence-electron chi connectivity index (χ1n) is 7.96. The largest absolute Gasteiger partial charge is 0.391 e. The Morgan fingerprint density at radius 2 is 1.74 bits per heavy atom. The van der Waals surface area contributed by atoms with E-state index in [1.807, 2.05) is 6.07 Å². The molecular formula is C20H17N3O4. The van der Waals surface area contributed by atoms with Gasteiger partial charge in [0.15, 0.2) is 0 Å². The molecule has 2 aromatic rings. The Morgan fingerprint density at radius 3 is 2.30 bits per heavy atom. The summed E-state index contributed by atoms with van der Waals surface area (Å²) in [5.41, 5.74) is 3.10. The van der Waals surface area contributed by atoms with E-state index in [0.717, 1.165) is 5.56 Å². The van der Waals surface area contributed by atoms with Crippen LogP contribution < -0.4 is 10.8 Å². The molecule has 1 aromatic carbocycles. The van der Waals surface area contributed by atoms with Gasteiger partial charge in [0.25, 0.3) is 11.8 Å². The highest BCUT2D eigenvalue weighted by molar-refractivity contribution is 5.97. The highest BCUT2D eigenvalue weighted by Crippen LogP contribution is 2.05. The van der Waals surface area contributed by atoms with E-state index in [0.29, 0.717) is 5.56 Å². The second-order valence-electron chi connectivity index (χ2n) is 5.49. The lowest BCUT2D eigenvalue weighted by Crippen LogP contribution is -2.51. The van der Waals surface area contributed by atoms with Crippen molar-refractivity contribution in [3.05, 3.63) is 65.5 Å². The zero-order chi connectivity index (χ0) is 19.6. The molecule has 1 aromatic heterocycles. The monoisotopic (exact) mass is 363 g/mol. The number of rotatable bonds is 4. The average Bonchev–Trinajstić information content (AvgIpc) is 2.69. The second-order valence-corrected chi connectivity index (χ2v) is 5.49. The molecule has 27 heavy (non-hydrogen) atoms. The number of aliphatic hydroxyl groups is 1. The molecule has 7 nitrogen and oxygen atoms in total. The molecule has 2 amide bonds. The van der Waals surface area contributed by atoms with Crippen molar-refractivity contribution in [3.63, 3.8) is 0 Å². The van der Waals surface area contributed by atoms with Crippen LogP contribution in [0.25, 0.3) is 0 Å². The standard InChI is InChI=1S/C20H17N3O4/c1-14(24)18(20(26)23-27)22-19(25)17-10-8-15(9-11-17)5-2-3-6-16-7-4-12-21-13-16/h4,7-14,18,24,27H,1H3,(H,22,25)(H,23,26)/t14-,18?/m1/s1. The van der Waals surface area contributed by atoms with Crippen molar-refractivity contribution in [1.82, 2.24) is 15.8 Å². The van der Waals surface area contributed by atoms with E-state index >= 15 is 0 Å². The van der Waals surface area contributed by atoms with Crippen molar-refractivity contribution >= 4 is 11.8 Å². The maximum absolute atomic E-state index is 12.2. The Kier molecular flexibility index (Phi) is 7.09. The Labute approximate surface area is 156 Å². The SMILES string of the molecule is C[C@@H](O)C(NC(=O)c1ccc(C#CC#Cc2cccnc2)cc1)C(=O)NO.